The first-order valence-corrected chi connectivity index (χ1v) is 13.9. The summed E-state index contributed by atoms with van der Waals surface area (Å²) < 4.78 is 45.1. The van der Waals surface area contributed by atoms with Crippen LogP contribution in [0.15, 0.2) is 124 Å². The minimum atomic E-state index is -4.46. The zero-order valence-corrected chi connectivity index (χ0v) is 23.6. The number of benzene rings is 4. The van der Waals surface area contributed by atoms with Gasteiger partial charge in [-0.05, 0) is 55.1 Å². The molecule has 4 nitrogen and oxygen atoms in total. The van der Waals surface area contributed by atoms with E-state index in [9.17, 15) is 13.2 Å². The fourth-order valence-electron chi connectivity index (χ4n) is 5.35. The highest BCUT2D eigenvalue weighted by Gasteiger charge is 2.30. The van der Waals surface area contributed by atoms with Gasteiger partial charge in [-0.25, -0.2) is 9.97 Å². The van der Waals surface area contributed by atoms with Gasteiger partial charge in [0.15, 0.2) is 5.76 Å². The van der Waals surface area contributed by atoms with Gasteiger partial charge in [0.05, 0.1) is 22.4 Å². The molecule has 0 aliphatic heterocycles. The summed E-state index contributed by atoms with van der Waals surface area (Å²) in [6.45, 7) is 4.56. The number of furan rings is 1. The third-order valence-corrected chi connectivity index (χ3v) is 7.74. The molecule has 0 N–H and O–H groups in total. The molecule has 7 aromatic rings. The predicted octanol–water partition coefficient (Wildman–Crippen LogP) is 10.8. The summed E-state index contributed by atoms with van der Waals surface area (Å²) in [5.74, 6) is 0.0256. The van der Waals surface area contributed by atoms with Gasteiger partial charge in [-0.3, -0.25) is 4.99 Å². The lowest BCUT2D eigenvalue weighted by Gasteiger charge is -2.09. The lowest BCUT2D eigenvalue weighted by Crippen LogP contribution is -2.08. The third-order valence-electron chi connectivity index (χ3n) is 7.74. The summed E-state index contributed by atoms with van der Waals surface area (Å²) in [6.07, 6.45) is -3.50. The topological polar surface area (TPSA) is 51.3 Å². The van der Waals surface area contributed by atoms with E-state index in [0.717, 1.165) is 68.4 Å². The van der Waals surface area contributed by atoms with Gasteiger partial charge in [-0.2, -0.15) is 13.2 Å². The molecule has 0 saturated carbocycles. The molecule has 4 aromatic carbocycles. The van der Waals surface area contributed by atoms with Crippen molar-refractivity contribution in [1.82, 2.24) is 9.97 Å². The monoisotopic (exact) mass is 583 g/mol. The second-order valence-corrected chi connectivity index (χ2v) is 10.6. The Morgan fingerprint density at radius 1 is 0.705 bits per heavy atom. The Kier molecular flexibility index (Phi) is 6.58. The standard InChI is InChI=1S/C37H24F3N3O/c1-22(37(38,39)40)20-33-36(41-2)29-21-28(16-19-32(29)44-33)23-8-10-25(11-9-23)31-18-15-27-13-12-26-14-17-30(24-6-4-3-5-7-24)42-34(26)35(27)43-31/h3-21H,2H2,1H3/b22-20+. The highest BCUT2D eigenvalue weighted by Crippen LogP contribution is 2.39. The van der Waals surface area contributed by atoms with Crippen LogP contribution in [0.2, 0.25) is 0 Å². The first-order valence-electron chi connectivity index (χ1n) is 13.9. The van der Waals surface area contributed by atoms with E-state index in [1.807, 2.05) is 78.9 Å². The number of alkyl halides is 3. The highest BCUT2D eigenvalue weighted by atomic mass is 19.4. The number of pyridine rings is 2. The van der Waals surface area contributed by atoms with Crippen LogP contribution in [0.4, 0.5) is 18.9 Å². The van der Waals surface area contributed by atoms with E-state index < -0.39 is 11.7 Å². The summed E-state index contributed by atoms with van der Waals surface area (Å²) in [5, 5.41) is 2.62. The number of halogens is 3. The van der Waals surface area contributed by atoms with Crippen molar-refractivity contribution in [3.63, 3.8) is 0 Å². The number of aromatic nitrogens is 2. The maximum absolute atomic E-state index is 13.1. The SMILES string of the molecule is C=Nc1c(/C=C(\C)C(F)(F)F)oc2ccc(-c3ccc(-c4ccc5ccc6ccc(-c7ccccc7)nc6c5n4)cc3)cc12. The van der Waals surface area contributed by atoms with E-state index in [2.05, 4.69) is 36.0 Å². The molecule has 3 heterocycles. The third kappa shape index (κ3) is 4.92. The van der Waals surface area contributed by atoms with Crippen LogP contribution >= 0.6 is 0 Å². The molecule has 0 aliphatic rings. The minimum absolute atomic E-state index is 0.0256. The zero-order chi connectivity index (χ0) is 30.4. The van der Waals surface area contributed by atoms with Gasteiger partial charge < -0.3 is 4.42 Å². The van der Waals surface area contributed by atoms with Crippen molar-refractivity contribution >= 4 is 51.3 Å². The van der Waals surface area contributed by atoms with Crippen LogP contribution in [-0.4, -0.2) is 22.9 Å². The van der Waals surface area contributed by atoms with Crippen LogP contribution in [0.5, 0.6) is 0 Å². The molecule has 0 radical (unpaired) electrons. The van der Waals surface area contributed by atoms with E-state index in [1.54, 1.807) is 6.07 Å². The average molecular weight is 584 g/mol. The Balaban J connectivity index is 1.25. The Labute approximate surface area is 250 Å². The van der Waals surface area contributed by atoms with Crippen LogP contribution in [0, 0.1) is 0 Å². The van der Waals surface area contributed by atoms with Crippen molar-refractivity contribution in [2.75, 3.05) is 0 Å². The van der Waals surface area contributed by atoms with Gasteiger partial charge in [0.1, 0.15) is 11.3 Å². The quantitative estimate of drug-likeness (QED) is 0.150. The van der Waals surface area contributed by atoms with Crippen molar-refractivity contribution in [1.29, 1.82) is 0 Å². The molecule has 7 heteroatoms. The Hall–Kier alpha value is -5.56. The molecule has 0 unspecified atom stereocenters. The average Bonchev–Trinajstić information content (AvgIpc) is 3.40. The highest BCUT2D eigenvalue weighted by molar-refractivity contribution is 6.04. The molecular formula is C37H24F3N3O. The second kappa shape index (κ2) is 10.6. The lowest BCUT2D eigenvalue weighted by atomic mass is 10.0. The minimum Gasteiger partial charge on any atom is -0.454 e. The lowest BCUT2D eigenvalue weighted by molar-refractivity contribution is -0.0904. The molecule has 0 aliphatic carbocycles. The Morgan fingerprint density at radius 2 is 1.25 bits per heavy atom. The molecular weight excluding hydrogens is 559 g/mol. The molecule has 7 rings (SSSR count). The molecule has 0 bridgehead atoms. The van der Waals surface area contributed by atoms with Crippen molar-refractivity contribution in [2.45, 2.75) is 13.1 Å². The molecule has 0 spiro atoms. The summed E-state index contributed by atoms with van der Waals surface area (Å²) in [6, 6.07) is 35.8. The maximum atomic E-state index is 13.1. The molecule has 0 amide bonds. The van der Waals surface area contributed by atoms with Gasteiger partial charge >= 0.3 is 6.18 Å². The number of fused-ring (bicyclic) bond motifs is 4. The zero-order valence-electron chi connectivity index (χ0n) is 23.6. The summed E-state index contributed by atoms with van der Waals surface area (Å²) in [4.78, 5) is 14.0. The van der Waals surface area contributed by atoms with Crippen LogP contribution in [0.1, 0.15) is 12.7 Å². The Morgan fingerprint density at radius 3 is 1.84 bits per heavy atom. The van der Waals surface area contributed by atoms with Gasteiger partial charge in [-0.15, -0.1) is 0 Å². The largest absolute Gasteiger partial charge is 0.454 e. The summed E-state index contributed by atoms with van der Waals surface area (Å²) >= 11 is 0. The number of nitrogens with zero attached hydrogens (tertiary/aromatic N) is 3. The Bertz CT molecular complexity index is 2230. The number of aliphatic imine (C=N–C) groups is 1. The molecule has 214 valence electrons. The molecule has 0 saturated heterocycles. The summed E-state index contributed by atoms with van der Waals surface area (Å²) in [7, 11) is 0. The number of rotatable bonds is 5. The first kappa shape index (κ1) is 27.3. The van der Waals surface area contributed by atoms with E-state index in [1.165, 1.54) is 0 Å². The van der Waals surface area contributed by atoms with E-state index in [4.69, 9.17) is 14.4 Å². The molecule has 44 heavy (non-hydrogen) atoms. The number of hydrogen-bond donors (Lipinski definition) is 0. The van der Waals surface area contributed by atoms with Crippen LogP contribution in [0.25, 0.3) is 72.5 Å². The van der Waals surface area contributed by atoms with Crippen molar-refractivity contribution < 1.29 is 17.6 Å². The molecule has 0 fully saturated rings. The van der Waals surface area contributed by atoms with Crippen molar-refractivity contribution in [2.24, 2.45) is 4.99 Å². The normalized spacial score (nSPS) is 12.3. The van der Waals surface area contributed by atoms with Crippen LogP contribution < -0.4 is 0 Å². The smallest absolute Gasteiger partial charge is 0.412 e. The van der Waals surface area contributed by atoms with Crippen molar-refractivity contribution in [3.05, 3.63) is 121 Å². The first-order chi connectivity index (χ1) is 21.3. The second-order valence-electron chi connectivity index (χ2n) is 10.6. The van der Waals surface area contributed by atoms with Crippen LogP contribution in [-0.2, 0) is 0 Å². The molecule has 3 aromatic heterocycles. The van der Waals surface area contributed by atoms with Crippen LogP contribution in [0.3, 0.4) is 0 Å². The fourth-order valence-corrected chi connectivity index (χ4v) is 5.35. The van der Waals surface area contributed by atoms with Gasteiger partial charge in [0.25, 0.3) is 0 Å². The predicted molar refractivity (Wildman–Crippen MR) is 172 cm³/mol. The maximum Gasteiger partial charge on any atom is 0.412 e. The van der Waals surface area contributed by atoms with Crippen molar-refractivity contribution in [3.8, 4) is 33.6 Å². The summed E-state index contributed by atoms with van der Waals surface area (Å²) in [5.41, 5.74) is 7.12. The van der Waals surface area contributed by atoms with E-state index in [0.29, 0.717) is 11.0 Å². The van der Waals surface area contributed by atoms with Gasteiger partial charge in [-0.1, -0.05) is 84.9 Å². The van der Waals surface area contributed by atoms with E-state index in [-0.39, 0.29) is 11.4 Å². The van der Waals surface area contributed by atoms with Gasteiger partial charge in [0.2, 0.25) is 0 Å². The molecule has 0 atom stereocenters. The fraction of sp³-hybridized carbons (Fsp3) is 0.0541. The van der Waals surface area contributed by atoms with Gasteiger partial charge in [0, 0.05) is 32.9 Å². The number of allylic oxidation sites excluding steroid dienone is 1. The van der Waals surface area contributed by atoms with E-state index >= 15 is 0 Å². The number of hydrogen-bond acceptors (Lipinski definition) is 4.